The molecule has 2 aromatic heterocycles. The minimum absolute atomic E-state index is 0.00103. The van der Waals surface area contributed by atoms with E-state index in [9.17, 15) is 18.0 Å². The number of aryl methyl sites for hydroxylation is 2. The summed E-state index contributed by atoms with van der Waals surface area (Å²) in [4.78, 5) is 28.4. The quantitative estimate of drug-likeness (QED) is 0.379. The van der Waals surface area contributed by atoms with Crippen molar-refractivity contribution in [1.82, 2.24) is 23.6 Å². The number of aromatic nitrogens is 4. The van der Waals surface area contributed by atoms with Crippen LogP contribution in [0.3, 0.4) is 0 Å². The second kappa shape index (κ2) is 8.58. The Bertz CT molecular complexity index is 1570. The van der Waals surface area contributed by atoms with Crippen molar-refractivity contribution in [3.63, 3.8) is 0 Å². The minimum Gasteiger partial charge on any atom is -0.334 e. The van der Waals surface area contributed by atoms with Crippen molar-refractivity contribution in [2.75, 3.05) is 13.6 Å². The molecule has 2 aromatic carbocycles. The largest absolute Gasteiger partial charge is 0.334 e. The number of hydrogen-bond donors (Lipinski definition) is 0. The fourth-order valence-corrected chi connectivity index (χ4v) is 4.66. The SMILES string of the molecule is CN(CCc1noc(-c2ccc(Cl)cc2)n1)S(=O)(=O)c1ccc2c(c1)n(C)c(=O)c(=O)n2C. The van der Waals surface area contributed by atoms with Crippen molar-refractivity contribution < 1.29 is 12.9 Å². The van der Waals surface area contributed by atoms with Gasteiger partial charge >= 0.3 is 11.1 Å². The number of hydrogen-bond acceptors (Lipinski definition) is 7. The van der Waals surface area contributed by atoms with Gasteiger partial charge in [0, 0.05) is 44.7 Å². The Morgan fingerprint density at radius 2 is 1.64 bits per heavy atom. The fraction of sp³-hybridized carbons (Fsp3) is 0.238. The maximum atomic E-state index is 13.1. The zero-order chi connectivity index (χ0) is 23.9. The van der Waals surface area contributed by atoms with Gasteiger partial charge in [0.1, 0.15) is 0 Å². The van der Waals surface area contributed by atoms with Crippen molar-refractivity contribution in [2.45, 2.75) is 11.3 Å². The van der Waals surface area contributed by atoms with Crippen molar-refractivity contribution in [1.29, 1.82) is 0 Å². The van der Waals surface area contributed by atoms with E-state index < -0.39 is 21.1 Å². The smallest absolute Gasteiger partial charge is 0.316 e. The van der Waals surface area contributed by atoms with E-state index in [0.29, 0.717) is 33.3 Å². The standard InChI is InChI=1S/C21H20ClN5O5S/c1-25(11-10-18-23-19(32-24-18)13-4-6-14(22)7-5-13)33(30,31)15-8-9-16-17(12-15)27(3)21(29)20(28)26(16)2/h4-9,12H,10-11H2,1-3H3. The fourth-order valence-electron chi connectivity index (χ4n) is 3.34. The summed E-state index contributed by atoms with van der Waals surface area (Å²) in [5.74, 6) is 0.672. The Hall–Kier alpha value is -3.28. The summed E-state index contributed by atoms with van der Waals surface area (Å²) in [5.41, 5.74) is 0.0696. The lowest BCUT2D eigenvalue weighted by Gasteiger charge is -2.17. The van der Waals surface area contributed by atoms with E-state index in [-0.39, 0.29) is 17.9 Å². The normalized spacial score (nSPS) is 12.0. The van der Waals surface area contributed by atoms with E-state index in [1.807, 2.05) is 0 Å². The molecule has 12 heteroatoms. The van der Waals surface area contributed by atoms with Gasteiger partial charge in [0.2, 0.25) is 10.0 Å². The van der Waals surface area contributed by atoms with Gasteiger partial charge in [-0.25, -0.2) is 12.7 Å². The molecule has 0 aliphatic heterocycles. The molecule has 4 aromatic rings. The van der Waals surface area contributed by atoms with Gasteiger partial charge in [0.25, 0.3) is 5.89 Å². The number of halogens is 1. The molecule has 4 rings (SSSR count). The van der Waals surface area contributed by atoms with Crippen LogP contribution < -0.4 is 11.1 Å². The van der Waals surface area contributed by atoms with E-state index in [2.05, 4.69) is 10.1 Å². The van der Waals surface area contributed by atoms with Crippen LogP contribution in [0.15, 0.2) is 61.5 Å². The predicted octanol–water partition coefficient (Wildman–Crippen LogP) is 1.80. The van der Waals surface area contributed by atoms with Gasteiger partial charge in [-0.15, -0.1) is 0 Å². The number of likely N-dealkylation sites (N-methyl/N-ethyl adjacent to an activating group) is 1. The second-order valence-corrected chi connectivity index (χ2v) is 9.96. The molecule has 0 spiro atoms. The van der Waals surface area contributed by atoms with Gasteiger partial charge in [0.15, 0.2) is 5.82 Å². The molecule has 0 fully saturated rings. The Morgan fingerprint density at radius 1 is 1.00 bits per heavy atom. The lowest BCUT2D eigenvalue weighted by molar-refractivity contribution is 0.415. The second-order valence-electron chi connectivity index (χ2n) is 7.48. The van der Waals surface area contributed by atoms with Crippen molar-refractivity contribution >= 4 is 32.7 Å². The Morgan fingerprint density at radius 3 is 2.30 bits per heavy atom. The molecule has 0 saturated carbocycles. The lowest BCUT2D eigenvalue weighted by atomic mass is 10.2. The molecule has 0 aliphatic carbocycles. The van der Waals surface area contributed by atoms with Gasteiger partial charge in [-0.05, 0) is 42.5 Å². The molecule has 33 heavy (non-hydrogen) atoms. The van der Waals surface area contributed by atoms with Crippen LogP contribution in [0.2, 0.25) is 5.02 Å². The summed E-state index contributed by atoms with van der Waals surface area (Å²) in [5, 5.41) is 4.50. The highest BCUT2D eigenvalue weighted by Crippen LogP contribution is 2.21. The molecule has 0 bridgehead atoms. The first-order valence-electron chi connectivity index (χ1n) is 9.84. The summed E-state index contributed by atoms with van der Waals surface area (Å²) in [6.07, 6.45) is 0.230. The van der Waals surface area contributed by atoms with Crippen molar-refractivity contribution in [3.05, 3.63) is 74.0 Å². The van der Waals surface area contributed by atoms with E-state index in [4.69, 9.17) is 16.1 Å². The highest BCUT2D eigenvalue weighted by molar-refractivity contribution is 7.89. The monoisotopic (exact) mass is 489 g/mol. The van der Waals surface area contributed by atoms with E-state index in [0.717, 1.165) is 4.57 Å². The Kier molecular flexibility index (Phi) is 5.95. The number of benzene rings is 2. The van der Waals surface area contributed by atoms with Gasteiger partial charge < -0.3 is 13.7 Å². The number of nitrogens with zero attached hydrogens (tertiary/aromatic N) is 5. The molecule has 0 atom stereocenters. The lowest BCUT2D eigenvalue weighted by Crippen LogP contribution is -2.39. The average Bonchev–Trinajstić information content (AvgIpc) is 3.28. The minimum atomic E-state index is -3.87. The van der Waals surface area contributed by atoms with Crippen LogP contribution >= 0.6 is 11.6 Å². The first-order valence-corrected chi connectivity index (χ1v) is 11.7. The topological polar surface area (TPSA) is 120 Å². The van der Waals surface area contributed by atoms with Crippen LogP contribution in [0.4, 0.5) is 0 Å². The van der Waals surface area contributed by atoms with Gasteiger partial charge in [-0.1, -0.05) is 16.8 Å². The molecule has 0 unspecified atom stereocenters. The molecule has 0 N–H and O–H groups in total. The maximum Gasteiger partial charge on any atom is 0.316 e. The summed E-state index contributed by atoms with van der Waals surface area (Å²) >= 11 is 5.88. The zero-order valence-electron chi connectivity index (χ0n) is 18.0. The highest BCUT2D eigenvalue weighted by atomic mass is 35.5. The Balaban J connectivity index is 1.55. The van der Waals surface area contributed by atoms with Crippen LogP contribution in [0.5, 0.6) is 0 Å². The van der Waals surface area contributed by atoms with Crippen LogP contribution in [0.25, 0.3) is 22.5 Å². The molecule has 0 radical (unpaired) electrons. The maximum absolute atomic E-state index is 13.1. The van der Waals surface area contributed by atoms with Crippen LogP contribution in [0, 0.1) is 0 Å². The van der Waals surface area contributed by atoms with Gasteiger partial charge in [0.05, 0.1) is 15.9 Å². The first kappa shape index (κ1) is 22.9. The first-order chi connectivity index (χ1) is 15.6. The molecule has 172 valence electrons. The third-order valence-corrected chi connectivity index (χ3v) is 7.48. The zero-order valence-corrected chi connectivity index (χ0v) is 19.6. The third kappa shape index (κ3) is 4.22. The molecular weight excluding hydrogens is 470 g/mol. The van der Waals surface area contributed by atoms with Gasteiger partial charge in [-0.3, -0.25) is 9.59 Å². The van der Waals surface area contributed by atoms with E-state index >= 15 is 0 Å². The summed E-state index contributed by atoms with van der Waals surface area (Å²) in [6, 6.07) is 11.2. The summed E-state index contributed by atoms with van der Waals surface area (Å²) in [7, 11) is 0.469. The summed E-state index contributed by atoms with van der Waals surface area (Å²) < 4.78 is 35.0. The van der Waals surface area contributed by atoms with Crippen molar-refractivity contribution in [3.8, 4) is 11.5 Å². The van der Waals surface area contributed by atoms with Gasteiger partial charge in [-0.2, -0.15) is 4.98 Å². The van der Waals surface area contributed by atoms with Crippen LogP contribution in [0.1, 0.15) is 5.82 Å². The third-order valence-electron chi connectivity index (χ3n) is 5.38. The predicted molar refractivity (Wildman–Crippen MR) is 123 cm³/mol. The number of rotatable bonds is 6. The van der Waals surface area contributed by atoms with E-state index in [1.54, 1.807) is 24.3 Å². The number of fused-ring (bicyclic) bond motifs is 1. The molecule has 2 heterocycles. The van der Waals surface area contributed by atoms with E-state index in [1.165, 1.54) is 48.2 Å². The molecule has 0 saturated heterocycles. The summed E-state index contributed by atoms with van der Waals surface area (Å²) in [6.45, 7) is 0.103. The van der Waals surface area contributed by atoms with Crippen molar-refractivity contribution in [2.24, 2.45) is 14.1 Å². The average molecular weight is 490 g/mol. The van der Waals surface area contributed by atoms with Crippen LogP contribution in [-0.4, -0.2) is 45.6 Å². The Labute approximate surface area is 193 Å². The molecule has 0 amide bonds. The molecular formula is C21H20ClN5O5S. The van der Waals surface area contributed by atoms with Crippen LogP contribution in [-0.2, 0) is 30.5 Å². The molecule has 0 aliphatic rings. The number of sulfonamides is 1. The highest BCUT2D eigenvalue weighted by Gasteiger charge is 2.23. The molecule has 10 nitrogen and oxygen atoms in total.